The van der Waals surface area contributed by atoms with Crippen molar-refractivity contribution in [2.24, 2.45) is 7.05 Å². The molecule has 6 nitrogen and oxygen atoms in total. The Kier molecular flexibility index (Phi) is 5.20. The van der Waals surface area contributed by atoms with E-state index >= 15 is 0 Å². The molecule has 0 fully saturated rings. The molecular weight excluding hydrogens is 376 g/mol. The summed E-state index contributed by atoms with van der Waals surface area (Å²) in [5.74, 6) is 0. The van der Waals surface area contributed by atoms with Gasteiger partial charge < -0.3 is 5.32 Å². The highest BCUT2D eigenvalue weighted by Crippen LogP contribution is 2.31. The highest BCUT2D eigenvalue weighted by molar-refractivity contribution is 9.11. The van der Waals surface area contributed by atoms with Gasteiger partial charge in [-0.15, -0.1) is 11.3 Å². The minimum absolute atomic E-state index is 0.228. The van der Waals surface area contributed by atoms with Crippen LogP contribution in [-0.4, -0.2) is 25.2 Å². The van der Waals surface area contributed by atoms with Crippen LogP contribution < -0.4 is 10.0 Å². The maximum Gasteiger partial charge on any atom is 0.242 e. The Balaban J connectivity index is 2.17. The molecule has 2 N–H and O–H groups in total. The standard InChI is InChI=1S/C12H17BrN4O2S2/c1-8-9(5-15-17(8)3)6-16-21(18,19)11-4-10(7-14-2)20-12(11)13/h4-5,14,16H,6-7H2,1-3H3. The van der Waals surface area contributed by atoms with Crippen molar-refractivity contribution in [3.63, 3.8) is 0 Å². The number of nitrogens with zero attached hydrogens (tertiary/aromatic N) is 2. The predicted octanol–water partition coefficient (Wildman–Crippen LogP) is 1.75. The largest absolute Gasteiger partial charge is 0.315 e. The number of halogens is 1. The van der Waals surface area contributed by atoms with Crippen molar-refractivity contribution in [3.8, 4) is 0 Å². The zero-order valence-corrected chi connectivity index (χ0v) is 15.2. The van der Waals surface area contributed by atoms with Gasteiger partial charge in [-0.2, -0.15) is 5.10 Å². The average molecular weight is 393 g/mol. The molecule has 2 aromatic rings. The molecule has 0 atom stereocenters. The highest BCUT2D eigenvalue weighted by Gasteiger charge is 2.21. The lowest BCUT2D eigenvalue weighted by Crippen LogP contribution is -2.23. The highest BCUT2D eigenvalue weighted by atomic mass is 79.9. The maximum absolute atomic E-state index is 12.4. The number of rotatable bonds is 6. The van der Waals surface area contributed by atoms with Crippen LogP contribution in [0.25, 0.3) is 0 Å². The van der Waals surface area contributed by atoms with Crippen molar-refractivity contribution in [3.05, 3.63) is 32.2 Å². The predicted molar refractivity (Wildman–Crippen MR) is 86.8 cm³/mol. The Labute approximate surface area is 136 Å². The molecule has 0 unspecified atom stereocenters. The molecule has 0 radical (unpaired) electrons. The normalized spacial score (nSPS) is 12.0. The van der Waals surface area contributed by atoms with Crippen LogP contribution in [0, 0.1) is 6.92 Å². The van der Waals surface area contributed by atoms with Gasteiger partial charge in [-0.05, 0) is 36.0 Å². The van der Waals surface area contributed by atoms with E-state index in [1.807, 2.05) is 21.0 Å². The monoisotopic (exact) mass is 392 g/mol. The lowest BCUT2D eigenvalue weighted by molar-refractivity contribution is 0.581. The number of thiophene rings is 1. The smallest absolute Gasteiger partial charge is 0.242 e. The molecule has 0 spiro atoms. The Bertz CT molecular complexity index is 737. The molecule has 0 amide bonds. The summed E-state index contributed by atoms with van der Waals surface area (Å²) in [6.45, 7) is 2.77. The molecule has 0 saturated carbocycles. The fraction of sp³-hybridized carbons (Fsp3) is 0.417. The van der Waals surface area contributed by atoms with Crippen molar-refractivity contribution in [2.45, 2.75) is 24.9 Å². The van der Waals surface area contributed by atoms with Gasteiger partial charge in [0.1, 0.15) is 4.90 Å². The van der Waals surface area contributed by atoms with Gasteiger partial charge in [0.15, 0.2) is 0 Å². The van der Waals surface area contributed by atoms with Crippen molar-refractivity contribution in [2.75, 3.05) is 7.05 Å². The number of aromatic nitrogens is 2. The van der Waals surface area contributed by atoms with Crippen LogP contribution in [0.15, 0.2) is 20.9 Å². The van der Waals surface area contributed by atoms with Gasteiger partial charge in [0, 0.05) is 36.3 Å². The Morgan fingerprint density at radius 3 is 2.71 bits per heavy atom. The van der Waals surface area contributed by atoms with Gasteiger partial charge >= 0.3 is 0 Å². The van der Waals surface area contributed by atoms with Gasteiger partial charge in [-0.25, -0.2) is 13.1 Å². The molecule has 2 aromatic heterocycles. The molecule has 9 heteroatoms. The molecule has 0 aromatic carbocycles. The molecule has 116 valence electrons. The van der Waals surface area contributed by atoms with Crippen LogP contribution in [0.1, 0.15) is 16.1 Å². The zero-order chi connectivity index (χ0) is 15.6. The van der Waals surface area contributed by atoms with E-state index in [-0.39, 0.29) is 11.4 Å². The SMILES string of the molecule is CNCc1cc(S(=O)(=O)NCc2cnn(C)c2C)c(Br)s1. The summed E-state index contributed by atoms with van der Waals surface area (Å²) in [5, 5.41) is 7.11. The first kappa shape index (κ1) is 16.6. The number of aryl methyl sites for hydroxylation is 1. The summed E-state index contributed by atoms with van der Waals surface area (Å²) in [5.41, 5.74) is 1.81. The molecule has 0 saturated heterocycles. The third-order valence-electron chi connectivity index (χ3n) is 3.14. The molecule has 0 bridgehead atoms. The van der Waals surface area contributed by atoms with Crippen LogP contribution in [0.5, 0.6) is 0 Å². The van der Waals surface area contributed by atoms with Crippen LogP contribution in [0.4, 0.5) is 0 Å². The van der Waals surface area contributed by atoms with Gasteiger partial charge in [0.25, 0.3) is 0 Å². The van der Waals surface area contributed by atoms with Crippen molar-refractivity contribution in [1.82, 2.24) is 19.8 Å². The first-order chi connectivity index (χ1) is 9.85. The lowest BCUT2D eigenvalue weighted by Gasteiger charge is -2.05. The fourth-order valence-corrected chi connectivity index (χ4v) is 5.51. The molecule has 2 rings (SSSR count). The van der Waals surface area contributed by atoms with E-state index in [2.05, 4.69) is 31.1 Å². The molecule has 0 aliphatic rings. The second-order valence-electron chi connectivity index (χ2n) is 4.58. The fourth-order valence-electron chi connectivity index (χ4n) is 1.81. The second-order valence-corrected chi connectivity index (χ2v) is 8.77. The number of sulfonamides is 1. The number of hydrogen-bond acceptors (Lipinski definition) is 5. The summed E-state index contributed by atoms with van der Waals surface area (Å²) in [6.07, 6.45) is 1.67. The minimum Gasteiger partial charge on any atom is -0.315 e. The van der Waals surface area contributed by atoms with Crippen LogP contribution in [0.2, 0.25) is 0 Å². The molecule has 21 heavy (non-hydrogen) atoms. The van der Waals surface area contributed by atoms with E-state index < -0.39 is 10.0 Å². The first-order valence-corrected chi connectivity index (χ1v) is 9.34. The quantitative estimate of drug-likeness (QED) is 0.784. The van der Waals surface area contributed by atoms with E-state index in [1.54, 1.807) is 16.9 Å². The average Bonchev–Trinajstić information content (AvgIpc) is 2.93. The van der Waals surface area contributed by atoms with Crippen molar-refractivity contribution in [1.29, 1.82) is 0 Å². The van der Waals surface area contributed by atoms with Crippen molar-refractivity contribution < 1.29 is 8.42 Å². The third kappa shape index (κ3) is 3.72. The summed E-state index contributed by atoms with van der Waals surface area (Å²) in [7, 11) is 0.105. The molecule has 0 aliphatic carbocycles. The lowest BCUT2D eigenvalue weighted by atomic mass is 10.3. The van der Waals surface area contributed by atoms with E-state index in [0.717, 1.165) is 16.1 Å². The Hall–Kier alpha value is -0.740. The van der Waals surface area contributed by atoms with Gasteiger partial charge in [-0.1, -0.05) is 0 Å². The number of hydrogen-bond donors (Lipinski definition) is 2. The van der Waals surface area contributed by atoms with Crippen LogP contribution in [0.3, 0.4) is 0 Å². The maximum atomic E-state index is 12.4. The summed E-state index contributed by atoms with van der Waals surface area (Å²) in [4.78, 5) is 1.24. The summed E-state index contributed by atoms with van der Waals surface area (Å²) in [6, 6.07) is 1.68. The molecule has 2 heterocycles. The van der Waals surface area contributed by atoms with Gasteiger partial charge in [0.2, 0.25) is 10.0 Å². The summed E-state index contributed by atoms with van der Waals surface area (Å²) < 4.78 is 29.7. The van der Waals surface area contributed by atoms with Gasteiger partial charge in [-0.3, -0.25) is 4.68 Å². The Morgan fingerprint density at radius 2 is 2.14 bits per heavy atom. The van der Waals surface area contributed by atoms with Gasteiger partial charge in [0.05, 0.1) is 9.98 Å². The van der Waals surface area contributed by atoms with Crippen LogP contribution in [-0.2, 0) is 30.2 Å². The van der Waals surface area contributed by atoms with E-state index in [9.17, 15) is 8.42 Å². The van der Waals surface area contributed by atoms with Crippen molar-refractivity contribution >= 4 is 37.3 Å². The second kappa shape index (κ2) is 6.57. The Morgan fingerprint density at radius 1 is 1.43 bits per heavy atom. The first-order valence-electron chi connectivity index (χ1n) is 6.25. The van der Waals surface area contributed by atoms with E-state index in [4.69, 9.17) is 0 Å². The number of nitrogens with one attached hydrogen (secondary N) is 2. The topological polar surface area (TPSA) is 76.0 Å². The molecular formula is C12H17BrN4O2S2. The zero-order valence-electron chi connectivity index (χ0n) is 12.0. The van der Waals surface area contributed by atoms with Crippen LogP contribution >= 0.6 is 27.3 Å². The van der Waals surface area contributed by atoms with E-state index in [1.165, 1.54) is 11.3 Å². The third-order valence-corrected chi connectivity index (χ3v) is 6.79. The molecule has 0 aliphatic heterocycles. The minimum atomic E-state index is -3.55. The summed E-state index contributed by atoms with van der Waals surface area (Å²) >= 11 is 4.74. The van der Waals surface area contributed by atoms with E-state index in [0.29, 0.717) is 10.3 Å².